The third-order valence-corrected chi connectivity index (χ3v) is 1.36. The summed E-state index contributed by atoms with van der Waals surface area (Å²) in [6.07, 6.45) is 1.14. The first-order valence-electron chi connectivity index (χ1n) is 3.90. The summed E-state index contributed by atoms with van der Waals surface area (Å²) in [5.74, 6) is 0.180. The molecule has 0 unspecified atom stereocenters. The average Bonchev–Trinajstić information content (AvgIpc) is 2.29. The molecule has 0 spiro atoms. The fourth-order valence-corrected chi connectivity index (χ4v) is 0.769. The van der Waals surface area contributed by atoms with Crippen molar-refractivity contribution in [2.45, 2.75) is 0 Å². The summed E-state index contributed by atoms with van der Waals surface area (Å²) in [6, 6.07) is 5.68. The maximum Gasteiger partial charge on any atom is 0.486 e. The van der Waals surface area contributed by atoms with Crippen molar-refractivity contribution in [2.75, 3.05) is 0 Å². The molecule has 1 amide bonds. The molecule has 0 atom stereocenters. The zero-order valence-electron chi connectivity index (χ0n) is 7.75. The Morgan fingerprint density at radius 2 is 1.81 bits per heavy atom. The van der Waals surface area contributed by atoms with Gasteiger partial charge in [-0.3, -0.25) is 4.89 Å². The van der Waals surface area contributed by atoms with Crippen LogP contribution in [0.4, 0.5) is 10.5 Å². The second-order valence-corrected chi connectivity index (χ2v) is 2.33. The van der Waals surface area contributed by atoms with E-state index in [2.05, 4.69) is 19.8 Å². The molecule has 0 aliphatic carbocycles. The summed E-state index contributed by atoms with van der Waals surface area (Å²) >= 11 is 0. The monoisotopic (exact) mass is 220 g/mol. The van der Waals surface area contributed by atoms with Gasteiger partial charge in [0, 0.05) is 0 Å². The average molecular weight is 220 g/mol. The number of isocyanates is 2. The highest BCUT2D eigenvalue weighted by Gasteiger charge is 2.02. The third-order valence-electron chi connectivity index (χ3n) is 1.36. The molecule has 0 saturated carbocycles. The molecule has 16 heavy (non-hydrogen) atoms. The quantitative estimate of drug-likeness (QED) is 0.332. The van der Waals surface area contributed by atoms with Crippen LogP contribution in [0.1, 0.15) is 0 Å². The Morgan fingerprint density at radius 3 is 2.38 bits per heavy atom. The highest BCUT2D eigenvalue weighted by atomic mass is 17.2. The van der Waals surface area contributed by atoms with E-state index < -0.39 is 6.09 Å². The smallest absolute Gasteiger partial charge is 0.285 e. The molecule has 80 valence electrons. The highest BCUT2D eigenvalue weighted by Crippen LogP contribution is 2.17. The molecule has 0 fully saturated rings. The Hall–Kier alpha value is -2.75. The zero-order chi connectivity index (χ0) is 11.8. The fourth-order valence-electron chi connectivity index (χ4n) is 0.769. The van der Waals surface area contributed by atoms with Crippen LogP contribution in [0, 0.1) is 0 Å². The SMILES string of the molecule is O=C=NC(=O)OOc1ccc(N=C=O)cc1. The van der Waals surface area contributed by atoms with Crippen LogP contribution in [-0.2, 0) is 14.5 Å². The molecule has 1 aromatic rings. The number of carbonyl (C=O) groups excluding carboxylic acids is 3. The first kappa shape index (κ1) is 11.3. The van der Waals surface area contributed by atoms with Crippen molar-refractivity contribution in [3.63, 3.8) is 0 Å². The minimum absolute atomic E-state index is 0.180. The van der Waals surface area contributed by atoms with Gasteiger partial charge >= 0.3 is 6.09 Å². The summed E-state index contributed by atoms with van der Waals surface area (Å²) in [7, 11) is 0. The van der Waals surface area contributed by atoms with Crippen molar-refractivity contribution in [1.29, 1.82) is 0 Å². The summed E-state index contributed by atoms with van der Waals surface area (Å²) in [5, 5.41) is 0. The van der Waals surface area contributed by atoms with Gasteiger partial charge in [0.1, 0.15) is 0 Å². The lowest BCUT2D eigenvalue weighted by Gasteiger charge is -2.00. The topological polar surface area (TPSA) is 94.4 Å². The summed E-state index contributed by atoms with van der Waals surface area (Å²) in [4.78, 5) is 44.6. The van der Waals surface area contributed by atoms with Crippen LogP contribution in [0.25, 0.3) is 0 Å². The van der Waals surface area contributed by atoms with E-state index in [1.807, 2.05) is 0 Å². The maximum atomic E-state index is 10.5. The molecule has 1 aromatic carbocycles. The number of rotatable bonds is 3. The number of nitrogens with zero attached hydrogens (tertiary/aromatic N) is 2. The normalized spacial score (nSPS) is 8.25. The van der Waals surface area contributed by atoms with E-state index in [1.54, 1.807) is 0 Å². The molecular weight excluding hydrogens is 216 g/mol. The van der Waals surface area contributed by atoms with Crippen LogP contribution in [0.3, 0.4) is 0 Å². The molecule has 0 bridgehead atoms. The predicted molar refractivity (Wildman–Crippen MR) is 49.5 cm³/mol. The summed E-state index contributed by atoms with van der Waals surface area (Å²) in [6.45, 7) is 0. The van der Waals surface area contributed by atoms with E-state index in [1.165, 1.54) is 30.3 Å². The van der Waals surface area contributed by atoms with Crippen LogP contribution in [0.2, 0.25) is 0 Å². The van der Waals surface area contributed by atoms with Crippen molar-refractivity contribution >= 4 is 23.9 Å². The van der Waals surface area contributed by atoms with Crippen LogP contribution >= 0.6 is 0 Å². The first-order valence-corrected chi connectivity index (χ1v) is 3.90. The molecule has 0 N–H and O–H groups in total. The minimum Gasteiger partial charge on any atom is -0.285 e. The van der Waals surface area contributed by atoms with E-state index in [-0.39, 0.29) is 5.75 Å². The predicted octanol–water partition coefficient (Wildman–Crippen LogP) is 1.42. The standard InChI is InChI=1S/C9H4N2O5/c12-5-10-7-1-3-8(4-2-7)15-16-9(14)11-6-13/h1-4H. The molecular formula is C9H4N2O5. The van der Waals surface area contributed by atoms with E-state index in [0.29, 0.717) is 5.69 Å². The molecule has 0 aliphatic rings. The first-order chi connectivity index (χ1) is 7.76. The van der Waals surface area contributed by atoms with Gasteiger partial charge in [-0.05, 0) is 24.3 Å². The Bertz CT molecular complexity index is 469. The highest BCUT2D eigenvalue weighted by molar-refractivity contribution is 5.73. The second kappa shape index (κ2) is 5.87. The number of hydrogen-bond acceptors (Lipinski definition) is 6. The van der Waals surface area contributed by atoms with Crippen LogP contribution in [0.5, 0.6) is 5.75 Å². The van der Waals surface area contributed by atoms with Crippen molar-refractivity contribution < 1.29 is 24.2 Å². The molecule has 0 saturated heterocycles. The lowest BCUT2D eigenvalue weighted by Crippen LogP contribution is -2.02. The molecule has 0 radical (unpaired) electrons. The fraction of sp³-hybridized carbons (Fsp3) is 0. The largest absolute Gasteiger partial charge is 0.486 e. The van der Waals surface area contributed by atoms with Gasteiger partial charge < -0.3 is 0 Å². The molecule has 7 heteroatoms. The Labute approximate surface area is 89.0 Å². The van der Waals surface area contributed by atoms with E-state index in [9.17, 15) is 14.4 Å². The lowest BCUT2D eigenvalue weighted by atomic mass is 10.3. The van der Waals surface area contributed by atoms with E-state index in [0.717, 1.165) is 6.08 Å². The van der Waals surface area contributed by atoms with Gasteiger partial charge in [0.05, 0.1) is 5.69 Å². The van der Waals surface area contributed by atoms with Crippen molar-refractivity contribution in [3.05, 3.63) is 24.3 Å². The Kier molecular flexibility index (Phi) is 4.16. The van der Waals surface area contributed by atoms with Gasteiger partial charge in [0.2, 0.25) is 12.2 Å². The molecule has 7 nitrogen and oxygen atoms in total. The zero-order valence-corrected chi connectivity index (χ0v) is 7.75. The lowest BCUT2D eigenvalue weighted by molar-refractivity contribution is -0.138. The van der Waals surface area contributed by atoms with Crippen LogP contribution in [0.15, 0.2) is 34.3 Å². The number of amides is 1. The Balaban J connectivity index is 2.58. The number of aliphatic imine (C=N–C) groups is 2. The van der Waals surface area contributed by atoms with Crippen LogP contribution < -0.4 is 4.89 Å². The maximum absolute atomic E-state index is 10.5. The Morgan fingerprint density at radius 1 is 1.12 bits per heavy atom. The van der Waals surface area contributed by atoms with Gasteiger partial charge in [-0.1, -0.05) is 4.99 Å². The van der Waals surface area contributed by atoms with E-state index >= 15 is 0 Å². The van der Waals surface area contributed by atoms with E-state index in [4.69, 9.17) is 0 Å². The van der Waals surface area contributed by atoms with Gasteiger partial charge in [-0.2, -0.15) is 4.99 Å². The molecule has 0 heterocycles. The van der Waals surface area contributed by atoms with Crippen LogP contribution in [-0.4, -0.2) is 18.3 Å². The van der Waals surface area contributed by atoms with Crippen molar-refractivity contribution in [1.82, 2.24) is 0 Å². The molecule has 1 rings (SSSR count). The van der Waals surface area contributed by atoms with Gasteiger partial charge in [0.15, 0.2) is 5.75 Å². The number of carbonyl (C=O) groups is 1. The van der Waals surface area contributed by atoms with Gasteiger partial charge in [-0.15, -0.1) is 0 Å². The number of hydrogen-bond donors (Lipinski definition) is 0. The minimum atomic E-state index is -1.22. The van der Waals surface area contributed by atoms with Crippen molar-refractivity contribution in [2.24, 2.45) is 9.98 Å². The van der Waals surface area contributed by atoms with Gasteiger partial charge in [-0.25, -0.2) is 19.3 Å². The summed E-state index contributed by atoms with van der Waals surface area (Å²) in [5.41, 5.74) is 0.375. The summed E-state index contributed by atoms with van der Waals surface area (Å²) < 4.78 is 0. The van der Waals surface area contributed by atoms with Gasteiger partial charge in [0.25, 0.3) is 0 Å². The molecule has 0 aliphatic heterocycles. The second-order valence-electron chi connectivity index (χ2n) is 2.33. The number of benzene rings is 1. The molecule has 0 aromatic heterocycles. The van der Waals surface area contributed by atoms with Crippen molar-refractivity contribution in [3.8, 4) is 5.75 Å². The third kappa shape index (κ3) is 3.55.